The van der Waals surface area contributed by atoms with Gasteiger partial charge in [0.2, 0.25) is 17.7 Å². The van der Waals surface area contributed by atoms with Crippen molar-refractivity contribution in [2.24, 2.45) is 0 Å². The number of nitrogens with zero attached hydrogens (tertiary/aromatic N) is 2. The number of nitrogens with one attached hydrogen (secondary N) is 1. The third-order valence-electron chi connectivity index (χ3n) is 4.38. The van der Waals surface area contributed by atoms with E-state index in [1.807, 2.05) is 0 Å². The van der Waals surface area contributed by atoms with Gasteiger partial charge in [-0.2, -0.15) is 0 Å². The van der Waals surface area contributed by atoms with Crippen molar-refractivity contribution in [3.8, 4) is 0 Å². The minimum Gasteiger partial charge on any atom is -0.480 e. The van der Waals surface area contributed by atoms with Crippen LogP contribution in [0.5, 0.6) is 0 Å². The van der Waals surface area contributed by atoms with Crippen LogP contribution in [0.4, 0.5) is 0 Å². The number of likely N-dealkylation sites (tertiary alicyclic amines) is 1. The molecule has 2 heterocycles. The molecule has 0 bridgehead atoms. The summed E-state index contributed by atoms with van der Waals surface area (Å²) in [6, 6.07) is -1.18. The summed E-state index contributed by atoms with van der Waals surface area (Å²) in [4.78, 5) is 70.9. The van der Waals surface area contributed by atoms with Crippen LogP contribution in [0.15, 0.2) is 12.2 Å². The molecule has 2 aliphatic heterocycles. The number of rotatable bonds is 10. The van der Waals surface area contributed by atoms with Crippen LogP contribution in [0, 0.1) is 0 Å². The first kappa shape index (κ1) is 20.3. The first-order valence-corrected chi connectivity index (χ1v) is 8.69. The van der Waals surface area contributed by atoms with Gasteiger partial charge in [0.05, 0.1) is 0 Å². The minimum atomic E-state index is -1.23. The number of unbranched alkanes of at least 4 members (excludes halogenated alkanes) is 1. The van der Waals surface area contributed by atoms with Gasteiger partial charge in [-0.3, -0.25) is 33.8 Å². The molecular formula is C17H21N3O7. The van der Waals surface area contributed by atoms with Crippen LogP contribution in [0.3, 0.4) is 0 Å². The van der Waals surface area contributed by atoms with Gasteiger partial charge in [-0.15, -0.1) is 0 Å². The summed E-state index contributed by atoms with van der Waals surface area (Å²) in [5.41, 5.74) is 0. The van der Waals surface area contributed by atoms with Crippen molar-refractivity contribution < 1.29 is 33.9 Å². The van der Waals surface area contributed by atoms with E-state index in [9.17, 15) is 33.9 Å². The monoisotopic (exact) mass is 379 g/mol. The molecule has 2 aliphatic rings. The van der Waals surface area contributed by atoms with Crippen LogP contribution < -0.4 is 5.32 Å². The SMILES string of the molecule is O=C(CCN1C(=O)C=CC1=O)NCCCCC(C(=O)O)N1C(=O)CCC1=O. The molecule has 2 rings (SSSR count). The average Bonchev–Trinajstić information content (AvgIpc) is 3.11. The summed E-state index contributed by atoms with van der Waals surface area (Å²) in [6.07, 6.45) is 3.34. The topological polar surface area (TPSA) is 141 Å². The van der Waals surface area contributed by atoms with Crippen LogP contribution in [-0.4, -0.2) is 69.5 Å². The van der Waals surface area contributed by atoms with Gasteiger partial charge >= 0.3 is 5.97 Å². The van der Waals surface area contributed by atoms with Gasteiger partial charge in [0.15, 0.2) is 0 Å². The van der Waals surface area contributed by atoms with Crippen molar-refractivity contribution in [1.29, 1.82) is 0 Å². The Morgan fingerprint density at radius 1 is 1.04 bits per heavy atom. The highest BCUT2D eigenvalue weighted by molar-refractivity contribution is 6.13. The zero-order valence-corrected chi connectivity index (χ0v) is 14.7. The summed E-state index contributed by atoms with van der Waals surface area (Å²) in [7, 11) is 0. The number of hydrogen-bond acceptors (Lipinski definition) is 6. The van der Waals surface area contributed by atoms with Gasteiger partial charge in [0.25, 0.3) is 11.8 Å². The maximum absolute atomic E-state index is 11.7. The van der Waals surface area contributed by atoms with Crippen molar-refractivity contribution >= 4 is 35.5 Å². The molecule has 0 aromatic carbocycles. The third kappa shape index (κ3) is 5.22. The number of carboxylic acid groups (broad SMARTS) is 1. The predicted octanol–water partition coefficient (Wildman–Crippen LogP) is -0.810. The number of amides is 5. The van der Waals surface area contributed by atoms with Crippen molar-refractivity contribution in [2.45, 2.75) is 44.6 Å². The Kier molecular flexibility index (Phi) is 6.80. The molecule has 0 aromatic heterocycles. The van der Waals surface area contributed by atoms with E-state index in [1.54, 1.807) is 0 Å². The zero-order chi connectivity index (χ0) is 20.0. The van der Waals surface area contributed by atoms with E-state index < -0.39 is 35.6 Å². The molecule has 1 fully saturated rings. The van der Waals surface area contributed by atoms with Gasteiger partial charge < -0.3 is 10.4 Å². The fraction of sp³-hybridized carbons (Fsp3) is 0.529. The highest BCUT2D eigenvalue weighted by Gasteiger charge is 2.38. The second-order valence-corrected chi connectivity index (χ2v) is 6.27. The predicted molar refractivity (Wildman–Crippen MR) is 89.8 cm³/mol. The Balaban J connectivity index is 1.65. The second kappa shape index (κ2) is 9.06. The number of carbonyl (C=O) groups is 6. The van der Waals surface area contributed by atoms with E-state index in [-0.39, 0.29) is 44.7 Å². The lowest BCUT2D eigenvalue weighted by Crippen LogP contribution is -2.44. The molecule has 146 valence electrons. The van der Waals surface area contributed by atoms with E-state index in [2.05, 4.69) is 5.32 Å². The van der Waals surface area contributed by atoms with E-state index >= 15 is 0 Å². The molecule has 1 atom stereocenters. The van der Waals surface area contributed by atoms with Gasteiger partial charge in [0.1, 0.15) is 6.04 Å². The Hall–Kier alpha value is -3.04. The van der Waals surface area contributed by atoms with Crippen LogP contribution in [0.25, 0.3) is 0 Å². The van der Waals surface area contributed by atoms with Crippen molar-refractivity contribution in [1.82, 2.24) is 15.1 Å². The molecule has 0 radical (unpaired) electrons. The quantitative estimate of drug-likeness (QED) is 0.373. The van der Waals surface area contributed by atoms with Gasteiger partial charge in [-0.25, -0.2) is 4.79 Å². The number of aliphatic carboxylic acids is 1. The second-order valence-electron chi connectivity index (χ2n) is 6.27. The van der Waals surface area contributed by atoms with Crippen molar-refractivity contribution in [3.05, 3.63) is 12.2 Å². The van der Waals surface area contributed by atoms with Crippen LogP contribution in [-0.2, 0) is 28.8 Å². The fourth-order valence-corrected chi connectivity index (χ4v) is 2.95. The first-order valence-electron chi connectivity index (χ1n) is 8.69. The standard InChI is InChI=1S/C17H21N3O7/c21-12(8-10-19-13(22)4-5-14(19)23)18-9-2-1-3-11(17(26)27)20-15(24)6-7-16(20)25/h4-5,11H,1-3,6-10H2,(H,18,21)(H,26,27). The molecule has 0 spiro atoms. The van der Waals surface area contributed by atoms with Crippen molar-refractivity contribution in [2.75, 3.05) is 13.1 Å². The fourth-order valence-electron chi connectivity index (χ4n) is 2.95. The lowest BCUT2D eigenvalue weighted by Gasteiger charge is -2.22. The molecule has 27 heavy (non-hydrogen) atoms. The lowest BCUT2D eigenvalue weighted by atomic mass is 10.1. The molecule has 0 aliphatic carbocycles. The van der Waals surface area contributed by atoms with Crippen molar-refractivity contribution in [3.63, 3.8) is 0 Å². The largest absolute Gasteiger partial charge is 0.480 e. The molecule has 10 nitrogen and oxygen atoms in total. The Labute approximate surface area is 155 Å². The molecule has 5 amide bonds. The maximum Gasteiger partial charge on any atom is 0.326 e. The van der Waals surface area contributed by atoms with Crippen LogP contribution >= 0.6 is 0 Å². The molecule has 0 saturated carbocycles. The highest BCUT2D eigenvalue weighted by atomic mass is 16.4. The zero-order valence-electron chi connectivity index (χ0n) is 14.7. The summed E-state index contributed by atoms with van der Waals surface area (Å²) < 4.78 is 0. The first-order chi connectivity index (χ1) is 12.8. The van der Waals surface area contributed by atoms with Gasteiger partial charge in [0, 0.05) is 44.5 Å². The number of carbonyl (C=O) groups excluding carboxylic acids is 5. The lowest BCUT2D eigenvalue weighted by molar-refractivity contribution is -0.154. The summed E-state index contributed by atoms with van der Waals surface area (Å²) in [5.74, 6) is -3.39. The highest BCUT2D eigenvalue weighted by Crippen LogP contribution is 2.19. The summed E-state index contributed by atoms with van der Waals surface area (Å²) >= 11 is 0. The van der Waals surface area contributed by atoms with E-state index in [0.29, 0.717) is 12.8 Å². The maximum atomic E-state index is 11.7. The smallest absolute Gasteiger partial charge is 0.326 e. The number of hydrogen-bond donors (Lipinski definition) is 2. The van der Waals surface area contributed by atoms with E-state index in [0.717, 1.165) is 22.0 Å². The average molecular weight is 379 g/mol. The van der Waals surface area contributed by atoms with E-state index in [1.165, 1.54) is 0 Å². The number of carboxylic acids is 1. The molecular weight excluding hydrogens is 358 g/mol. The summed E-state index contributed by atoms with van der Waals surface area (Å²) in [6.45, 7) is 0.282. The van der Waals surface area contributed by atoms with Crippen LogP contribution in [0.2, 0.25) is 0 Å². The van der Waals surface area contributed by atoms with Gasteiger partial charge in [-0.05, 0) is 19.3 Å². The molecule has 10 heteroatoms. The number of imide groups is 2. The normalized spacial score (nSPS) is 17.8. The Bertz CT molecular complexity index is 667. The summed E-state index contributed by atoms with van der Waals surface area (Å²) in [5, 5.41) is 11.9. The molecule has 2 N–H and O–H groups in total. The Morgan fingerprint density at radius 2 is 1.63 bits per heavy atom. The molecule has 0 aromatic rings. The molecule has 1 saturated heterocycles. The van der Waals surface area contributed by atoms with E-state index in [4.69, 9.17) is 0 Å². The van der Waals surface area contributed by atoms with Gasteiger partial charge in [-0.1, -0.05) is 0 Å². The Morgan fingerprint density at radius 3 is 2.19 bits per heavy atom. The molecule has 1 unspecified atom stereocenters. The third-order valence-corrected chi connectivity index (χ3v) is 4.38. The minimum absolute atomic E-state index is 0.00320. The van der Waals surface area contributed by atoms with Crippen LogP contribution in [0.1, 0.15) is 38.5 Å².